The maximum atomic E-state index is 12.0. The molecule has 1 aromatic heterocycles. The lowest BCUT2D eigenvalue weighted by molar-refractivity contribution is -0.115. The van der Waals surface area contributed by atoms with E-state index >= 15 is 0 Å². The van der Waals surface area contributed by atoms with Crippen molar-refractivity contribution in [3.05, 3.63) is 47.2 Å². The fourth-order valence-corrected chi connectivity index (χ4v) is 3.33. The molecule has 0 saturated carbocycles. The number of primary amides is 1. The molecule has 1 unspecified atom stereocenters. The molecule has 0 saturated heterocycles. The lowest BCUT2D eigenvalue weighted by atomic mass is 9.95. The Labute approximate surface area is 139 Å². The topological polar surface area (TPSA) is 85.8 Å². The molecule has 3 rings (SSSR count). The van der Waals surface area contributed by atoms with E-state index in [1.54, 1.807) is 16.4 Å². The van der Waals surface area contributed by atoms with Gasteiger partial charge in [0.25, 0.3) is 0 Å². The number of rotatable bonds is 5. The number of thioether (sulfide) groups is 1. The summed E-state index contributed by atoms with van der Waals surface area (Å²) in [7, 11) is 0. The Morgan fingerprint density at radius 2 is 2.13 bits per heavy atom. The number of aromatic nitrogens is 3. The zero-order valence-corrected chi connectivity index (χ0v) is 13.9. The van der Waals surface area contributed by atoms with Gasteiger partial charge < -0.3 is 11.1 Å². The molecule has 0 bridgehead atoms. The van der Waals surface area contributed by atoms with Crippen LogP contribution in [0, 0.1) is 0 Å². The molecule has 1 aliphatic rings. The minimum atomic E-state index is -0.451. The zero-order chi connectivity index (χ0) is 16.4. The summed E-state index contributed by atoms with van der Waals surface area (Å²) in [5, 5.41) is 8.42. The first-order valence-electron chi connectivity index (χ1n) is 7.53. The van der Waals surface area contributed by atoms with Crippen molar-refractivity contribution in [2.24, 2.45) is 5.73 Å². The molecule has 0 spiro atoms. The molecular formula is C16H19N5OS. The van der Waals surface area contributed by atoms with Crippen molar-refractivity contribution in [3.8, 4) is 0 Å². The summed E-state index contributed by atoms with van der Waals surface area (Å²) in [4.78, 5) is 16.5. The summed E-state index contributed by atoms with van der Waals surface area (Å²) in [6.07, 6.45) is 1.05. The van der Waals surface area contributed by atoms with Crippen molar-refractivity contribution >= 4 is 23.6 Å². The number of nitrogens with zero attached hydrogens (tertiary/aromatic N) is 3. The van der Waals surface area contributed by atoms with E-state index in [0.29, 0.717) is 16.7 Å². The molecule has 1 atom stereocenters. The van der Waals surface area contributed by atoms with Gasteiger partial charge in [-0.2, -0.15) is 4.98 Å². The lowest BCUT2D eigenvalue weighted by Crippen LogP contribution is -2.31. The summed E-state index contributed by atoms with van der Waals surface area (Å²) in [5.74, 6) is 1.14. The number of nitrogens with two attached hydrogens (primary N) is 1. The van der Waals surface area contributed by atoms with Crippen molar-refractivity contribution in [2.45, 2.75) is 31.5 Å². The van der Waals surface area contributed by atoms with Crippen molar-refractivity contribution < 1.29 is 4.79 Å². The summed E-state index contributed by atoms with van der Waals surface area (Å²) < 4.78 is 1.75. The van der Waals surface area contributed by atoms with Gasteiger partial charge in [-0.25, -0.2) is 4.68 Å². The Morgan fingerprint density at radius 3 is 2.78 bits per heavy atom. The molecule has 6 nitrogen and oxygen atoms in total. The Bertz CT molecular complexity index is 753. The number of amides is 1. The fourth-order valence-electron chi connectivity index (χ4n) is 2.65. The van der Waals surface area contributed by atoms with Gasteiger partial charge in [0.15, 0.2) is 0 Å². The van der Waals surface area contributed by atoms with Crippen LogP contribution in [0.15, 0.2) is 46.8 Å². The number of hydrogen-bond donors (Lipinski definition) is 2. The normalized spacial score (nSPS) is 16.9. The zero-order valence-electron chi connectivity index (χ0n) is 13.1. The average molecular weight is 329 g/mol. The summed E-state index contributed by atoms with van der Waals surface area (Å²) >= 11 is 1.60. The molecule has 0 fully saturated rings. The molecule has 2 heterocycles. The van der Waals surface area contributed by atoms with Crippen LogP contribution in [0.5, 0.6) is 0 Å². The molecule has 23 heavy (non-hydrogen) atoms. The van der Waals surface area contributed by atoms with Crippen LogP contribution >= 0.6 is 11.8 Å². The maximum absolute atomic E-state index is 12.0. The van der Waals surface area contributed by atoms with E-state index in [-0.39, 0.29) is 6.04 Å². The van der Waals surface area contributed by atoms with Crippen LogP contribution in [0.25, 0.3) is 0 Å². The van der Waals surface area contributed by atoms with Crippen molar-refractivity contribution in [3.63, 3.8) is 0 Å². The smallest absolute Gasteiger partial charge is 0.248 e. The van der Waals surface area contributed by atoms with Crippen LogP contribution in [0.3, 0.4) is 0 Å². The van der Waals surface area contributed by atoms with Crippen LogP contribution in [-0.4, -0.2) is 26.4 Å². The van der Waals surface area contributed by atoms with Gasteiger partial charge >= 0.3 is 0 Å². The van der Waals surface area contributed by atoms with E-state index in [4.69, 9.17) is 5.73 Å². The predicted octanol–water partition coefficient (Wildman–Crippen LogP) is 2.55. The highest BCUT2D eigenvalue weighted by atomic mass is 32.2. The van der Waals surface area contributed by atoms with Gasteiger partial charge in [-0.15, -0.1) is 5.10 Å². The molecule has 0 aliphatic carbocycles. The summed E-state index contributed by atoms with van der Waals surface area (Å²) in [6, 6.07) is 9.40. The fraction of sp³-hybridized carbons (Fsp3) is 0.312. The molecule has 3 N–H and O–H groups in total. The first kappa shape index (κ1) is 15.6. The van der Waals surface area contributed by atoms with Crippen LogP contribution in [0.4, 0.5) is 5.95 Å². The average Bonchev–Trinajstić information content (AvgIpc) is 2.94. The molecular weight excluding hydrogens is 310 g/mol. The minimum Gasteiger partial charge on any atom is -0.366 e. The first-order chi connectivity index (χ1) is 11.1. The Hall–Kier alpha value is -2.28. The highest BCUT2D eigenvalue weighted by Crippen LogP contribution is 2.35. The number of benzene rings is 1. The summed E-state index contributed by atoms with van der Waals surface area (Å²) in [6.45, 7) is 3.96. The molecule has 120 valence electrons. The number of carbonyl (C=O) groups is 1. The first-order valence-corrected chi connectivity index (χ1v) is 8.52. The van der Waals surface area contributed by atoms with E-state index in [0.717, 1.165) is 23.4 Å². The SMILES string of the molecule is CCCSc1nc2n(n1)C(c1ccccc1)C(C(N)=O)=C(C)N2. The molecule has 1 aromatic carbocycles. The molecule has 2 aromatic rings. The van der Waals surface area contributed by atoms with Crippen LogP contribution in [0.1, 0.15) is 31.9 Å². The number of carbonyl (C=O) groups excluding carboxylic acids is 1. The predicted molar refractivity (Wildman–Crippen MR) is 91.1 cm³/mol. The highest BCUT2D eigenvalue weighted by molar-refractivity contribution is 7.99. The number of nitrogens with one attached hydrogen (secondary N) is 1. The van der Waals surface area contributed by atoms with Gasteiger partial charge in [0.2, 0.25) is 17.0 Å². The van der Waals surface area contributed by atoms with Crippen LogP contribution in [-0.2, 0) is 4.79 Å². The number of allylic oxidation sites excluding steroid dienone is 1. The second kappa shape index (κ2) is 6.45. The standard InChI is InChI=1S/C16H19N5OS/c1-3-9-23-16-19-15-18-10(2)12(14(17)22)13(21(15)20-16)11-7-5-4-6-8-11/h4-8,13H,3,9H2,1-2H3,(H2,17,22)(H,18,19,20). The van der Waals surface area contributed by atoms with Crippen molar-refractivity contribution in [2.75, 3.05) is 11.1 Å². The van der Waals surface area contributed by atoms with E-state index < -0.39 is 5.91 Å². The van der Waals surface area contributed by atoms with E-state index in [1.165, 1.54) is 0 Å². The van der Waals surface area contributed by atoms with Gasteiger partial charge in [-0.05, 0) is 18.9 Å². The maximum Gasteiger partial charge on any atom is 0.248 e. The molecule has 1 amide bonds. The largest absolute Gasteiger partial charge is 0.366 e. The number of hydrogen-bond acceptors (Lipinski definition) is 5. The third-order valence-corrected chi connectivity index (χ3v) is 4.69. The monoisotopic (exact) mass is 329 g/mol. The van der Waals surface area contributed by atoms with Gasteiger partial charge in [-0.1, -0.05) is 49.0 Å². The molecule has 7 heteroatoms. The third kappa shape index (κ3) is 2.96. The van der Waals surface area contributed by atoms with E-state index in [1.807, 2.05) is 37.3 Å². The second-order valence-electron chi connectivity index (χ2n) is 5.35. The molecule has 1 aliphatic heterocycles. The van der Waals surface area contributed by atoms with Gasteiger partial charge in [0.1, 0.15) is 6.04 Å². The van der Waals surface area contributed by atoms with Gasteiger partial charge in [-0.3, -0.25) is 4.79 Å². The minimum absolute atomic E-state index is 0.353. The molecule has 0 radical (unpaired) electrons. The number of fused-ring (bicyclic) bond motifs is 1. The van der Waals surface area contributed by atoms with E-state index in [2.05, 4.69) is 22.3 Å². The van der Waals surface area contributed by atoms with Crippen LogP contribution < -0.4 is 11.1 Å². The van der Waals surface area contributed by atoms with Gasteiger partial charge in [0.05, 0.1) is 5.57 Å². The van der Waals surface area contributed by atoms with E-state index in [9.17, 15) is 4.79 Å². The Kier molecular flexibility index (Phi) is 4.38. The number of anilines is 1. The second-order valence-corrected chi connectivity index (χ2v) is 6.41. The quantitative estimate of drug-likeness (QED) is 0.823. The third-order valence-electron chi connectivity index (χ3n) is 3.65. The van der Waals surface area contributed by atoms with Gasteiger partial charge in [0, 0.05) is 11.4 Å². The Morgan fingerprint density at radius 1 is 1.39 bits per heavy atom. The Balaban J connectivity index is 2.09. The van der Waals surface area contributed by atoms with Crippen molar-refractivity contribution in [1.82, 2.24) is 14.8 Å². The summed E-state index contributed by atoms with van der Waals surface area (Å²) in [5.41, 5.74) is 7.82. The van der Waals surface area contributed by atoms with Crippen LogP contribution in [0.2, 0.25) is 0 Å². The highest BCUT2D eigenvalue weighted by Gasteiger charge is 2.33. The van der Waals surface area contributed by atoms with Crippen molar-refractivity contribution in [1.29, 1.82) is 0 Å². The lowest BCUT2D eigenvalue weighted by Gasteiger charge is -2.27.